The zero-order valence-electron chi connectivity index (χ0n) is 15.0. The molecule has 0 aromatic heterocycles. The molecule has 3 nitrogen and oxygen atoms in total. The molecule has 2 saturated carbocycles. The zero-order valence-corrected chi connectivity index (χ0v) is 15.0. The fourth-order valence-electron chi connectivity index (χ4n) is 6.34. The molecule has 2 fully saturated rings. The van der Waals surface area contributed by atoms with Gasteiger partial charge in [-0.05, 0) is 66.9 Å². The van der Waals surface area contributed by atoms with Crippen LogP contribution >= 0.6 is 0 Å². The number of carbonyl (C=O) groups excluding carboxylic acids is 2. The third-order valence-corrected chi connectivity index (χ3v) is 7.74. The summed E-state index contributed by atoms with van der Waals surface area (Å²) in [4.78, 5) is 23.3. The first-order valence-electron chi connectivity index (χ1n) is 9.45. The Balaban J connectivity index is 1.67. The van der Waals surface area contributed by atoms with E-state index < -0.39 is 0 Å². The molecule has 0 amide bonds. The highest BCUT2D eigenvalue weighted by molar-refractivity contribution is 5.92. The Morgan fingerprint density at radius 1 is 1.17 bits per heavy atom. The maximum atomic E-state index is 11.8. The van der Waals surface area contributed by atoms with Crippen LogP contribution in [0.15, 0.2) is 23.8 Å². The molecule has 4 rings (SSSR count). The van der Waals surface area contributed by atoms with Crippen molar-refractivity contribution in [2.45, 2.75) is 65.4 Å². The molecular weight excluding hydrogens is 300 g/mol. The second-order valence-corrected chi connectivity index (χ2v) is 8.85. The number of esters is 1. The number of allylic oxidation sites excluding steroid dienone is 4. The van der Waals surface area contributed by atoms with Gasteiger partial charge < -0.3 is 4.74 Å². The molecule has 0 aromatic rings. The van der Waals surface area contributed by atoms with Crippen LogP contribution in [0.3, 0.4) is 0 Å². The Bertz CT molecular complexity index is 645. The van der Waals surface area contributed by atoms with E-state index in [4.69, 9.17) is 4.74 Å². The molecule has 4 aliphatic carbocycles. The Morgan fingerprint density at radius 2 is 1.96 bits per heavy atom. The molecule has 0 bridgehead atoms. The first-order valence-corrected chi connectivity index (χ1v) is 9.45. The van der Waals surface area contributed by atoms with E-state index in [1.54, 1.807) is 0 Å². The van der Waals surface area contributed by atoms with Gasteiger partial charge >= 0.3 is 5.97 Å². The average Bonchev–Trinajstić information content (AvgIpc) is 2.84. The largest absolute Gasteiger partial charge is 0.462 e. The molecule has 3 heteroatoms. The number of ether oxygens (including phenoxy) is 1. The fraction of sp³-hybridized carbons (Fsp3) is 0.714. The van der Waals surface area contributed by atoms with E-state index in [0.29, 0.717) is 24.2 Å². The Morgan fingerprint density at radius 3 is 2.71 bits per heavy atom. The second-order valence-electron chi connectivity index (χ2n) is 8.85. The van der Waals surface area contributed by atoms with E-state index in [1.807, 2.05) is 6.08 Å². The quantitative estimate of drug-likeness (QED) is 0.677. The molecular formula is C21H28O3. The minimum absolute atomic E-state index is 0.0760. The van der Waals surface area contributed by atoms with Gasteiger partial charge in [0.05, 0.1) is 0 Å². The monoisotopic (exact) mass is 328 g/mol. The van der Waals surface area contributed by atoms with Gasteiger partial charge in [-0.2, -0.15) is 0 Å². The summed E-state index contributed by atoms with van der Waals surface area (Å²) >= 11 is 0. The molecule has 0 N–H and O–H groups in total. The number of ketones is 1. The predicted molar refractivity (Wildman–Crippen MR) is 92.2 cm³/mol. The van der Waals surface area contributed by atoms with Gasteiger partial charge in [-0.3, -0.25) is 9.59 Å². The summed E-state index contributed by atoms with van der Waals surface area (Å²) in [6, 6.07) is 0. The van der Waals surface area contributed by atoms with Gasteiger partial charge in [-0.1, -0.05) is 26.0 Å². The lowest BCUT2D eigenvalue weighted by molar-refractivity contribution is -0.155. The number of hydrogen-bond donors (Lipinski definition) is 0. The lowest BCUT2D eigenvalue weighted by Gasteiger charge is -2.55. The zero-order chi connectivity index (χ0) is 17.1. The summed E-state index contributed by atoms with van der Waals surface area (Å²) in [6.45, 7) is 6.23. The van der Waals surface area contributed by atoms with Gasteiger partial charge in [0.1, 0.15) is 6.10 Å². The molecule has 0 spiro atoms. The van der Waals surface area contributed by atoms with E-state index in [2.05, 4.69) is 26.0 Å². The number of hydrogen-bond acceptors (Lipinski definition) is 3. The predicted octanol–water partition coefficient (Wildman–Crippen LogP) is 4.23. The number of rotatable bonds is 1. The molecule has 0 saturated heterocycles. The highest BCUT2D eigenvalue weighted by atomic mass is 16.5. The van der Waals surface area contributed by atoms with Crippen LogP contribution in [0.5, 0.6) is 0 Å². The molecule has 0 radical (unpaired) electrons. The highest BCUT2D eigenvalue weighted by Gasteiger charge is 2.58. The van der Waals surface area contributed by atoms with Crippen LogP contribution in [0.1, 0.15) is 59.3 Å². The van der Waals surface area contributed by atoms with E-state index in [1.165, 1.54) is 18.9 Å². The average molecular weight is 328 g/mol. The van der Waals surface area contributed by atoms with Crippen LogP contribution in [0.25, 0.3) is 0 Å². The van der Waals surface area contributed by atoms with Gasteiger partial charge in [-0.25, -0.2) is 0 Å². The first-order chi connectivity index (χ1) is 11.3. The summed E-state index contributed by atoms with van der Waals surface area (Å²) in [5, 5.41) is 0. The van der Waals surface area contributed by atoms with Crippen molar-refractivity contribution in [1.82, 2.24) is 0 Å². The highest BCUT2D eigenvalue weighted by Crippen LogP contribution is 2.64. The Kier molecular flexibility index (Phi) is 3.56. The van der Waals surface area contributed by atoms with Crippen LogP contribution in [-0.2, 0) is 14.3 Å². The van der Waals surface area contributed by atoms with Gasteiger partial charge in [0.15, 0.2) is 5.78 Å². The van der Waals surface area contributed by atoms with Crippen molar-refractivity contribution in [3.8, 4) is 0 Å². The third kappa shape index (κ3) is 2.16. The van der Waals surface area contributed by atoms with E-state index in [9.17, 15) is 9.59 Å². The van der Waals surface area contributed by atoms with Crippen molar-refractivity contribution in [2.24, 2.45) is 28.6 Å². The van der Waals surface area contributed by atoms with Crippen LogP contribution in [-0.4, -0.2) is 17.9 Å². The smallest absolute Gasteiger partial charge is 0.302 e. The Labute approximate surface area is 144 Å². The summed E-state index contributed by atoms with van der Waals surface area (Å²) in [5.41, 5.74) is 1.51. The molecule has 130 valence electrons. The second kappa shape index (κ2) is 5.31. The fourth-order valence-corrected chi connectivity index (χ4v) is 6.34. The van der Waals surface area contributed by atoms with Crippen molar-refractivity contribution >= 4 is 11.8 Å². The lowest BCUT2D eigenvalue weighted by atomic mass is 9.49. The van der Waals surface area contributed by atoms with Crippen molar-refractivity contribution in [3.05, 3.63) is 23.8 Å². The van der Waals surface area contributed by atoms with Gasteiger partial charge in [0.2, 0.25) is 0 Å². The summed E-state index contributed by atoms with van der Waals surface area (Å²) < 4.78 is 5.69. The lowest BCUT2D eigenvalue weighted by Crippen LogP contribution is -2.50. The van der Waals surface area contributed by atoms with E-state index in [0.717, 1.165) is 25.7 Å². The molecule has 3 unspecified atom stereocenters. The van der Waals surface area contributed by atoms with Gasteiger partial charge in [-0.15, -0.1) is 0 Å². The number of fused-ring (bicyclic) bond motifs is 5. The summed E-state index contributed by atoms with van der Waals surface area (Å²) in [7, 11) is 0. The minimum Gasteiger partial charge on any atom is -0.462 e. The van der Waals surface area contributed by atoms with Crippen LogP contribution in [0.4, 0.5) is 0 Å². The SMILES string of the molecule is CC(=O)O[C@H]1CCC2C3C=CC4=CC(=O)CC[C@]4(C)C3CC[C@@]21C. The van der Waals surface area contributed by atoms with Crippen molar-refractivity contribution < 1.29 is 14.3 Å². The number of carbonyl (C=O) groups is 2. The van der Waals surface area contributed by atoms with Gasteiger partial charge in [0.25, 0.3) is 0 Å². The molecule has 0 heterocycles. The van der Waals surface area contributed by atoms with Crippen molar-refractivity contribution in [1.29, 1.82) is 0 Å². The topological polar surface area (TPSA) is 43.4 Å². The van der Waals surface area contributed by atoms with E-state index >= 15 is 0 Å². The molecule has 6 atom stereocenters. The van der Waals surface area contributed by atoms with Gasteiger partial charge in [0, 0.05) is 18.8 Å². The first kappa shape index (κ1) is 16.1. The maximum Gasteiger partial charge on any atom is 0.302 e. The van der Waals surface area contributed by atoms with E-state index in [-0.39, 0.29) is 28.7 Å². The van der Waals surface area contributed by atoms with Crippen LogP contribution in [0, 0.1) is 28.6 Å². The summed E-state index contributed by atoms with van der Waals surface area (Å²) in [6.07, 6.45) is 12.7. The third-order valence-electron chi connectivity index (χ3n) is 7.74. The summed E-state index contributed by atoms with van der Waals surface area (Å²) in [5.74, 6) is 1.90. The maximum absolute atomic E-state index is 11.8. The molecule has 4 aliphatic rings. The van der Waals surface area contributed by atoms with Crippen molar-refractivity contribution in [2.75, 3.05) is 0 Å². The molecule has 0 aromatic carbocycles. The normalized spacial score (nSPS) is 46.6. The minimum atomic E-state index is -0.147. The molecule has 0 aliphatic heterocycles. The Hall–Kier alpha value is -1.38. The molecule has 24 heavy (non-hydrogen) atoms. The standard InChI is InChI=1S/C21H28O3/c1-13(22)24-19-7-6-17-16-5-4-14-12-15(23)8-10-20(14,2)18(16)9-11-21(17,19)3/h4-5,12,16-19H,6-11H2,1-3H3/t16?,17?,18?,19-,20-,21-/m0/s1. The van der Waals surface area contributed by atoms with Crippen LogP contribution in [0.2, 0.25) is 0 Å². The van der Waals surface area contributed by atoms with Crippen molar-refractivity contribution in [3.63, 3.8) is 0 Å². The van der Waals surface area contributed by atoms with Crippen LogP contribution < -0.4 is 0 Å².